The van der Waals surface area contributed by atoms with Gasteiger partial charge in [-0.05, 0) is 48.7 Å². The molecule has 0 aromatic rings. The van der Waals surface area contributed by atoms with E-state index in [0.29, 0.717) is 17.3 Å². The molecule has 23 heavy (non-hydrogen) atoms. The van der Waals surface area contributed by atoms with Crippen molar-refractivity contribution >= 4 is 0 Å². The highest BCUT2D eigenvalue weighted by Gasteiger charge is 2.16. The second-order valence-corrected chi connectivity index (χ2v) is 7.68. The zero-order valence-corrected chi connectivity index (χ0v) is 16.6. The van der Waals surface area contributed by atoms with Gasteiger partial charge in [-0.25, -0.2) is 0 Å². The molecular weight excluding hydrogens is 280 g/mol. The quantitative estimate of drug-likeness (QED) is 0.250. The predicted molar refractivity (Wildman–Crippen MR) is 104 cm³/mol. The van der Waals surface area contributed by atoms with Crippen molar-refractivity contribution < 1.29 is 4.74 Å². The average molecular weight is 319 g/mol. The van der Waals surface area contributed by atoms with E-state index in [0.717, 1.165) is 25.0 Å². The molecule has 0 aliphatic heterocycles. The van der Waals surface area contributed by atoms with Gasteiger partial charge in [0.25, 0.3) is 0 Å². The van der Waals surface area contributed by atoms with Crippen molar-refractivity contribution in [2.45, 2.75) is 67.7 Å². The van der Waals surface area contributed by atoms with Gasteiger partial charge < -0.3 is 4.74 Å². The Balaban J connectivity index is 4.66. The number of methoxy groups -OCH3 is 1. The second kappa shape index (κ2) is 11.3. The molecule has 0 aromatic carbocycles. The summed E-state index contributed by atoms with van der Waals surface area (Å²) in [5.41, 5.74) is 1.81. The van der Waals surface area contributed by atoms with Crippen molar-refractivity contribution in [2.75, 3.05) is 7.11 Å². The first kappa shape index (κ1) is 21.8. The minimum Gasteiger partial charge on any atom is -0.497 e. The van der Waals surface area contributed by atoms with E-state index in [1.807, 2.05) is 0 Å². The Kier molecular flexibility index (Phi) is 10.7. The van der Waals surface area contributed by atoms with Gasteiger partial charge in [0, 0.05) is 0 Å². The minimum atomic E-state index is 0.333. The van der Waals surface area contributed by atoms with Gasteiger partial charge in [-0.15, -0.1) is 0 Å². The Labute approximate surface area is 145 Å². The molecule has 0 heterocycles. The van der Waals surface area contributed by atoms with Crippen LogP contribution in [0.2, 0.25) is 0 Å². The lowest BCUT2D eigenvalue weighted by molar-refractivity contribution is 0.303. The first-order valence-electron chi connectivity index (χ1n) is 8.97. The molecule has 0 spiro atoms. The van der Waals surface area contributed by atoms with Crippen molar-refractivity contribution in [3.05, 3.63) is 47.8 Å². The summed E-state index contributed by atoms with van der Waals surface area (Å²) in [6.45, 7) is 15.7. The largest absolute Gasteiger partial charge is 0.497 e. The fourth-order valence-corrected chi connectivity index (χ4v) is 2.10. The molecule has 0 saturated heterocycles. The zero-order valence-electron chi connectivity index (χ0n) is 16.6. The van der Waals surface area contributed by atoms with E-state index in [9.17, 15) is 0 Å². The van der Waals surface area contributed by atoms with Crippen molar-refractivity contribution in [1.29, 1.82) is 0 Å². The SMILES string of the molecule is CC/C=C(/C/C=C\C(=C/C(C)C)OC)C/C=C\C(C)C(C)(C)C. The standard InChI is InChI=1S/C22H38O/c1-9-12-20(14-10-13-19(4)22(5,6)7)15-11-16-21(23-8)17-18(2)3/h10-13,16-19H,9,14-15H2,1-8H3/b13-10-,16-11-,20-12+,21-17+. The molecule has 0 radical (unpaired) electrons. The second-order valence-electron chi connectivity index (χ2n) is 7.68. The highest BCUT2D eigenvalue weighted by atomic mass is 16.5. The van der Waals surface area contributed by atoms with Crippen LogP contribution in [-0.2, 0) is 4.74 Å². The molecule has 1 unspecified atom stereocenters. The molecule has 0 rings (SSSR count). The monoisotopic (exact) mass is 318 g/mol. The Morgan fingerprint density at radius 3 is 2.13 bits per heavy atom. The van der Waals surface area contributed by atoms with E-state index in [4.69, 9.17) is 4.74 Å². The van der Waals surface area contributed by atoms with Crippen LogP contribution in [0.4, 0.5) is 0 Å². The Hall–Kier alpha value is -1.24. The van der Waals surface area contributed by atoms with Gasteiger partial charge in [-0.3, -0.25) is 0 Å². The summed E-state index contributed by atoms with van der Waals surface area (Å²) in [6.07, 6.45) is 16.6. The van der Waals surface area contributed by atoms with Gasteiger partial charge in [-0.2, -0.15) is 0 Å². The maximum atomic E-state index is 5.39. The topological polar surface area (TPSA) is 9.23 Å². The fourth-order valence-electron chi connectivity index (χ4n) is 2.10. The van der Waals surface area contributed by atoms with Crippen LogP contribution in [0.5, 0.6) is 0 Å². The van der Waals surface area contributed by atoms with Crippen LogP contribution in [0.15, 0.2) is 47.8 Å². The van der Waals surface area contributed by atoms with E-state index in [1.165, 1.54) is 5.57 Å². The van der Waals surface area contributed by atoms with E-state index in [-0.39, 0.29) is 0 Å². The highest BCUT2D eigenvalue weighted by Crippen LogP contribution is 2.26. The molecule has 0 saturated carbocycles. The molecule has 0 aromatic heterocycles. The van der Waals surface area contributed by atoms with Crippen LogP contribution >= 0.6 is 0 Å². The summed E-state index contributed by atoms with van der Waals surface area (Å²) in [6, 6.07) is 0. The lowest BCUT2D eigenvalue weighted by Crippen LogP contribution is -2.14. The van der Waals surface area contributed by atoms with Crippen LogP contribution in [0, 0.1) is 17.3 Å². The Bertz CT molecular complexity index is 427. The van der Waals surface area contributed by atoms with Gasteiger partial charge in [0.05, 0.1) is 7.11 Å². The molecule has 0 aliphatic rings. The van der Waals surface area contributed by atoms with Gasteiger partial charge in [0.2, 0.25) is 0 Å². The first-order chi connectivity index (χ1) is 10.7. The van der Waals surface area contributed by atoms with Gasteiger partial charge in [0.1, 0.15) is 5.76 Å². The Morgan fingerprint density at radius 1 is 1.04 bits per heavy atom. The fraction of sp³-hybridized carbons (Fsp3) is 0.636. The summed E-state index contributed by atoms with van der Waals surface area (Å²) in [5.74, 6) is 2.05. The molecule has 0 aliphatic carbocycles. The zero-order chi connectivity index (χ0) is 17.9. The van der Waals surface area contributed by atoms with Gasteiger partial charge in [-0.1, -0.05) is 78.3 Å². The smallest absolute Gasteiger partial charge is 0.114 e. The maximum absolute atomic E-state index is 5.39. The molecule has 0 N–H and O–H groups in total. The predicted octanol–water partition coefficient (Wildman–Crippen LogP) is 7.08. The average Bonchev–Trinajstić information content (AvgIpc) is 2.44. The molecule has 132 valence electrons. The molecule has 1 atom stereocenters. The summed E-state index contributed by atoms with van der Waals surface area (Å²) >= 11 is 0. The van der Waals surface area contributed by atoms with Crippen LogP contribution in [0.1, 0.15) is 67.7 Å². The molecule has 0 fully saturated rings. The van der Waals surface area contributed by atoms with Gasteiger partial charge in [0.15, 0.2) is 0 Å². The third-order valence-corrected chi connectivity index (χ3v) is 4.06. The first-order valence-corrected chi connectivity index (χ1v) is 8.97. The van der Waals surface area contributed by atoms with Crippen LogP contribution in [0.3, 0.4) is 0 Å². The maximum Gasteiger partial charge on any atom is 0.114 e. The van der Waals surface area contributed by atoms with Gasteiger partial charge >= 0.3 is 0 Å². The van der Waals surface area contributed by atoms with Crippen LogP contribution in [-0.4, -0.2) is 7.11 Å². The normalized spacial score (nSPS) is 15.9. The van der Waals surface area contributed by atoms with Crippen LogP contribution < -0.4 is 0 Å². The summed E-state index contributed by atoms with van der Waals surface area (Å²) in [7, 11) is 1.73. The van der Waals surface area contributed by atoms with E-state index in [1.54, 1.807) is 7.11 Å². The van der Waals surface area contributed by atoms with Crippen LogP contribution in [0.25, 0.3) is 0 Å². The number of rotatable bonds is 9. The van der Waals surface area contributed by atoms with E-state index < -0.39 is 0 Å². The summed E-state index contributed by atoms with van der Waals surface area (Å²) < 4.78 is 5.39. The summed E-state index contributed by atoms with van der Waals surface area (Å²) in [5, 5.41) is 0. The molecule has 1 nitrogen and oxygen atoms in total. The van der Waals surface area contributed by atoms with E-state index >= 15 is 0 Å². The highest BCUT2D eigenvalue weighted by molar-refractivity contribution is 5.18. The van der Waals surface area contributed by atoms with E-state index in [2.05, 4.69) is 84.9 Å². The number of ether oxygens (including phenoxy) is 1. The number of allylic oxidation sites excluding steroid dienone is 7. The molecule has 0 bridgehead atoms. The lowest BCUT2D eigenvalue weighted by atomic mass is 9.82. The molecule has 0 amide bonds. The van der Waals surface area contributed by atoms with Crippen molar-refractivity contribution in [3.63, 3.8) is 0 Å². The lowest BCUT2D eigenvalue weighted by Gasteiger charge is -2.24. The van der Waals surface area contributed by atoms with Crippen molar-refractivity contribution in [1.82, 2.24) is 0 Å². The number of hydrogen-bond acceptors (Lipinski definition) is 1. The number of hydrogen-bond donors (Lipinski definition) is 0. The molecule has 1 heteroatoms. The van der Waals surface area contributed by atoms with Crippen molar-refractivity contribution in [3.8, 4) is 0 Å². The summed E-state index contributed by atoms with van der Waals surface area (Å²) in [4.78, 5) is 0. The van der Waals surface area contributed by atoms with Crippen molar-refractivity contribution in [2.24, 2.45) is 17.3 Å². The molecular formula is C22H38O. The Morgan fingerprint density at radius 2 is 1.65 bits per heavy atom. The third kappa shape index (κ3) is 11.0. The third-order valence-electron chi connectivity index (χ3n) is 4.06. The minimum absolute atomic E-state index is 0.333.